The lowest BCUT2D eigenvalue weighted by Gasteiger charge is -2.17. The van der Waals surface area contributed by atoms with E-state index in [0.717, 1.165) is 5.56 Å². The second kappa shape index (κ2) is 7.48. The van der Waals surface area contributed by atoms with Gasteiger partial charge in [0.2, 0.25) is 5.91 Å². The van der Waals surface area contributed by atoms with Crippen LogP contribution in [-0.4, -0.2) is 23.0 Å². The van der Waals surface area contributed by atoms with Gasteiger partial charge in [0.1, 0.15) is 11.8 Å². The zero-order valence-corrected chi connectivity index (χ0v) is 13.6. The van der Waals surface area contributed by atoms with Gasteiger partial charge in [0.25, 0.3) is 5.91 Å². The maximum atomic E-state index is 12.6. The van der Waals surface area contributed by atoms with Crippen LogP contribution in [0.25, 0.3) is 0 Å². The SMILES string of the molecule is Cc1cc(NC(=O)C(Cc2ccccc2)NC(=O)c2ccco2)no1. The largest absolute Gasteiger partial charge is 0.459 e. The van der Waals surface area contributed by atoms with Crippen molar-refractivity contribution in [2.45, 2.75) is 19.4 Å². The number of hydrogen-bond donors (Lipinski definition) is 2. The second-order valence-corrected chi connectivity index (χ2v) is 5.51. The number of aryl methyl sites for hydroxylation is 1. The number of carbonyl (C=O) groups is 2. The number of furan rings is 1. The molecule has 0 radical (unpaired) electrons. The Bertz CT molecular complexity index is 840. The van der Waals surface area contributed by atoms with Gasteiger partial charge < -0.3 is 19.6 Å². The highest BCUT2D eigenvalue weighted by Crippen LogP contribution is 2.10. The highest BCUT2D eigenvalue weighted by Gasteiger charge is 2.24. The quantitative estimate of drug-likeness (QED) is 0.719. The number of carbonyl (C=O) groups excluding carboxylic acids is 2. The van der Waals surface area contributed by atoms with Gasteiger partial charge in [0, 0.05) is 12.5 Å². The van der Waals surface area contributed by atoms with Crippen LogP contribution in [0, 0.1) is 6.92 Å². The number of nitrogens with zero attached hydrogens (tertiary/aromatic N) is 1. The molecule has 2 aromatic heterocycles. The second-order valence-electron chi connectivity index (χ2n) is 5.51. The van der Waals surface area contributed by atoms with E-state index >= 15 is 0 Å². The van der Waals surface area contributed by atoms with E-state index < -0.39 is 17.9 Å². The standard InChI is InChI=1S/C18H17N3O4/c1-12-10-16(21-25-12)20-17(22)14(11-13-6-3-2-4-7-13)19-18(23)15-8-5-9-24-15/h2-10,14H,11H2,1H3,(H,19,23)(H,20,21,22). The van der Waals surface area contributed by atoms with Gasteiger partial charge >= 0.3 is 0 Å². The van der Waals surface area contributed by atoms with E-state index in [1.807, 2.05) is 30.3 Å². The van der Waals surface area contributed by atoms with Crippen molar-refractivity contribution in [2.75, 3.05) is 5.32 Å². The third kappa shape index (κ3) is 4.35. The van der Waals surface area contributed by atoms with Crippen molar-refractivity contribution in [3.8, 4) is 0 Å². The smallest absolute Gasteiger partial charge is 0.287 e. The Labute approximate surface area is 144 Å². The molecule has 0 aliphatic carbocycles. The molecule has 7 heteroatoms. The fraction of sp³-hybridized carbons (Fsp3) is 0.167. The molecule has 2 N–H and O–H groups in total. The van der Waals surface area contributed by atoms with E-state index in [0.29, 0.717) is 18.0 Å². The summed E-state index contributed by atoms with van der Waals surface area (Å²) in [6, 6.07) is 13.4. The fourth-order valence-electron chi connectivity index (χ4n) is 2.33. The van der Waals surface area contributed by atoms with Crippen molar-refractivity contribution in [3.05, 3.63) is 71.9 Å². The summed E-state index contributed by atoms with van der Waals surface area (Å²) in [5.74, 6) is 0.167. The average molecular weight is 339 g/mol. The van der Waals surface area contributed by atoms with Crippen LogP contribution >= 0.6 is 0 Å². The molecule has 3 rings (SSSR count). The van der Waals surface area contributed by atoms with Gasteiger partial charge in [0.15, 0.2) is 11.6 Å². The van der Waals surface area contributed by atoms with E-state index in [2.05, 4.69) is 15.8 Å². The molecule has 0 aliphatic heterocycles. The molecule has 3 aromatic rings. The molecule has 2 heterocycles. The molecule has 1 aromatic carbocycles. The average Bonchev–Trinajstić information content (AvgIpc) is 3.27. The lowest BCUT2D eigenvalue weighted by Crippen LogP contribution is -2.45. The Morgan fingerprint density at radius 2 is 1.96 bits per heavy atom. The van der Waals surface area contributed by atoms with Crippen LogP contribution in [0.1, 0.15) is 21.9 Å². The predicted molar refractivity (Wildman–Crippen MR) is 90.0 cm³/mol. The molecule has 0 spiro atoms. The van der Waals surface area contributed by atoms with Crippen LogP contribution in [0.2, 0.25) is 0 Å². The summed E-state index contributed by atoms with van der Waals surface area (Å²) in [6.07, 6.45) is 1.73. The maximum absolute atomic E-state index is 12.6. The first-order valence-corrected chi connectivity index (χ1v) is 7.74. The Morgan fingerprint density at radius 1 is 1.16 bits per heavy atom. The first kappa shape index (κ1) is 16.5. The van der Waals surface area contributed by atoms with Gasteiger partial charge in [-0.2, -0.15) is 0 Å². The highest BCUT2D eigenvalue weighted by molar-refractivity contribution is 5.99. The summed E-state index contributed by atoms with van der Waals surface area (Å²) >= 11 is 0. The molecule has 0 fully saturated rings. The molecule has 2 amide bonds. The van der Waals surface area contributed by atoms with Gasteiger partial charge in [0.05, 0.1) is 6.26 Å². The number of hydrogen-bond acceptors (Lipinski definition) is 5. The topological polar surface area (TPSA) is 97.4 Å². The van der Waals surface area contributed by atoms with Gasteiger partial charge in [-0.3, -0.25) is 9.59 Å². The number of anilines is 1. The Balaban J connectivity index is 1.75. The van der Waals surface area contributed by atoms with Crippen molar-refractivity contribution < 1.29 is 18.5 Å². The van der Waals surface area contributed by atoms with Crippen LogP contribution < -0.4 is 10.6 Å². The molecule has 7 nitrogen and oxygen atoms in total. The first-order valence-electron chi connectivity index (χ1n) is 7.74. The molecule has 0 bridgehead atoms. The molecule has 0 saturated heterocycles. The number of benzene rings is 1. The van der Waals surface area contributed by atoms with E-state index in [1.54, 1.807) is 19.1 Å². The van der Waals surface area contributed by atoms with Crippen LogP contribution in [-0.2, 0) is 11.2 Å². The van der Waals surface area contributed by atoms with Gasteiger partial charge in [-0.1, -0.05) is 35.5 Å². The van der Waals surface area contributed by atoms with Gasteiger partial charge in [-0.05, 0) is 24.6 Å². The van der Waals surface area contributed by atoms with Crippen LogP contribution in [0.3, 0.4) is 0 Å². The molecular weight excluding hydrogens is 322 g/mol. The van der Waals surface area contributed by atoms with Crippen LogP contribution in [0.4, 0.5) is 5.82 Å². The van der Waals surface area contributed by atoms with Crippen LogP contribution in [0.15, 0.2) is 63.7 Å². The minimum Gasteiger partial charge on any atom is -0.459 e. The number of aromatic nitrogens is 1. The molecule has 128 valence electrons. The fourth-order valence-corrected chi connectivity index (χ4v) is 2.33. The van der Waals surface area contributed by atoms with E-state index in [-0.39, 0.29) is 5.76 Å². The minimum atomic E-state index is -0.794. The minimum absolute atomic E-state index is 0.142. The Hall–Kier alpha value is -3.35. The predicted octanol–water partition coefficient (Wildman–Crippen LogP) is 2.56. The monoisotopic (exact) mass is 339 g/mol. The van der Waals surface area contributed by atoms with Crippen LogP contribution in [0.5, 0.6) is 0 Å². The molecule has 1 atom stereocenters. The number of rotatable bonds is 6. The molecule has 25 heavy (non-hydrogen) atoms. The summed E-state index contributed by atoms with van der Waals surface area (Å²) < 4.78 is 10.0. The lowest BCUT2D eigenvalue weighted by atomic mass is 10.1. The zero-order valence-electron chi connectivity index (χ0n) is 13.6. The normalized spacial score (nSPS) is 11.7. The summed E-state index contributed by atoms with van der Waals surface area (Å²) in [5, 5.41) is 9.07. The molecule has 0 aliphatic rings. The molecular formula is C18H17N3O4. The summed E-state index contributed by atoms with van der Waals surface area (Å²) in [6.45, 7) is 1.72. The van der Waals surface area contributed by atoms with Crippen molar-refractivity contribution in [3.63, 3.8) is 0 Å². The number of amides is 2. The molecule has 1 unspecified atom stereocenters. The third-order valence-corrected chi connectivity index (χ3v) is 3.53. The number of nitrogens with one attached hydrogen (secondary N) is 2. The Morgan fingerprint density at radius 3 is 2.60 bits per heavy atom. The summed E-state index contributed by atoms with van der Waals surface area (Å²) in [4.78, 5) is 24.8. The maximum Gasteiger partial charge on any atom is 0.287 e. The van der Waals surface area contributed by atoms with E-state index in [4.69, 9.17) is 8.94 Å². The van der Waals surface area contributed by atoms with Crippen molar-refractivity contribution in [1.82, 2.24) is 10.5 Å². The van der Waals surface area contributed by atoms with E-state index in [1.165, 1.54) is 12.3 Å². The highest BCUT2D eigenvalue weighted by atomic mass is 16.5. The lowest BCUT2D eigenvalue weighted by molar-refractivity contribution is -0.118. The van der Waals surface area contributed by atoms with Crippen molar-refractivity contribution in [1.29, 1.82) is 0 Å². The zero-order chi connectivity index (χ0) is 17.6. The van der Waals surface area contributed by atoms with Crippen molar-refractivity contribution in [2.24, 2.45) is 0 Å². The van der Waals surface area contributed by atoms with Gasteiger partial charge in [-0.15, -0.1) is 0 Å². The first-order chi connectivity index (χ1) is 12.1. The third-order valence-electron chi connectivity index (χ3n) is 3.53. The summed E-state index contributed by atoms with van der Waals surface area (Å²) in [5.41, 5.74) is 0.915. The molecule has 0 saturated carbocycles. The summed E-state index contributed by atoms with van der Waals surface area (Å²) in [7, 11) is 0. The van der Waals surface area contributed by atoms with Gasteiger partial charge in [-0.25, -0.2) is 0 Å². The van der Waals surface area contributed by atoms with Crippen molar-refractivity contribution >= 4 is 17.6 Å². The van der Waals surface area contributed by atoms with E-state index in [9.17, 15) is 9.59 Å². The Kier molecular flexibility index (Phi) is 4.94.